The van der Waals surface area contributed by atoms with Crippen LogP contribution >= 0.6 is 11.3 Å². The molecule has 0 bridgehead atoms. The smallest absolute Gasteiger partial charge is 0.369 e. The van der Waals surface area contributed by atoms with E-state index in [1.165, 1.54) is 12.1 Å². The first-order chi connectivity index (χ1) is 16.4. The summed E-state index contributed by atoms with van der Waals surface area (Å²) in [6.45, 7) is 0. The second-order valence-electron chi connectivity index (χ2n) is 7.81. The Bertz CT molecular complexity index is 1270. The van der Waals surface area contributed by atoms with Gasteiger partial charge in [-0.25, -0.2) is 22.9 Å². The summed E-state index contributed by atoms with van der Waals surface area (Å²) >= 11 is 0.769. The van der Waals surface area contributed by atoms with Crippen LogP contribution in [0, 0.1) is 11.7 Å². The van der Waals surface area contributed by atoms with E-state index < -0.39 is 53.5 Å². The molecule has 0 unspecified atom stereocenters. The van der Waals surface area contributed by atoms with Crippen molar-refractivity contribution in [3.63, 3.8) is 0 Å². The number of urea groups is 1. The van der Waals surface area contributed by atoms with Gasteiger partial charge in [-0.3, -0.25) is 10.1 Å². The molecule has 0 aliphatic heterocycles. The third-order valence-electron chi connectivity index (χ3n) is 5.35. The van der Waals surface area contributed by atoms with Crippen molar-refractivity contribution in [1.82, 2.24) is 10.3 Å². The van der Waals surface area contributed by atoms with Crippen LogP contribution in [0.2, 0.25) is 0 Å². The van der Waals surface area contributed by atoms with E-state index in [0.717, 1.165) is 41.7 Å². The number of rotatable bonds is 6. The van der Waals surface area contributed by atoms with Gasteiger partial charge in [0.15, 0.2) is 5.13 Å². The van der Waals surface area contributed by atoms with Crippen LogP contribution in [-0.2, 0) is 10.4 Å². The molecule has 1 fully saturated rings. The van der Waals surface area contributed by atoms with Crippen molar-refractivity contribution < 1.29 is 41.0 Å². The first-order valence-corrected chi connectivity index (χ1v) is 10.8. The average Bonchev–Trinajstić information content (AvgIpc) is 3.43. The number of aliphatic hydroxyl groups is 1. The van der Waals surface area contributed by atoms with E-state index in [1.54, 1.807) is 0 Å². The summed E-state index contributed by atoms with van der Waals surface area (Å²) < 4.78 is 79.9. The number of aromatic nitrogens is 1. The second kappa shape index (κ2) is 9.00. The minimum atomic E-state index is -5.46. The van der Waals surface area contributed by atoms with Gasteiger partial charge in [0.25, 0.3) is 11.5 Å². The van der Waals surface area contributed by atoms with Gasteiger partial charge in [0.2, 0.25) is 6.43 Å². The molecule has 0 spiro atoms. The SMILES string of the molecule is O=C(Nc1ccc(F)cc1)Nc1nc2ccc([C@](O)(C(=O)N[C@H]3C[C@@H]3C(F)F)C(F)(F)F)cc2s1. The Kier molecular flexibility index (Phi) is 6.36. The molecule has 0 radical (unpaired) electrons. The van der Waals surface area contributed by atoms with Crippen LogP contribution in [0.25, 0.3) is 10.2 Å². The van der Waals surface area contributed by atoms with Crippen LogP contribution in [-0.4, -0.2) is 40.7 Å². The Morgan fingerprint density at radius 2 is 1.77 bits per heavy atom. The van der Waals surface area contributed by atoms with Crippen LogP contribution < -0.4 is 16.0 Å². The summed E-state index contributed by atoms with van der Waals surface area (Å²) in [4.78, 5) is 28.6. The molecule has 186 valence electrons. The summed E-state index contributed by atoms with van der Waals surface area (Å²) in [5.41, 5.74) is -4.39. The van der Waals surface area contributed by atoms with E-state index in [2.05, 4.69) is 15.6 Å². The summed E-state index contributed by atoms with van der Waals surface area (Å²) in [5.74, 6) is -3.63. The largest absolute Gasteiger partial charge is 0.430 e. The van der Waals surface area contributed by atoms with E-state index in [0.29, 0.717) is 0 Å². The molecule has 1 heterocycles. The first-order valence-electron chi connectivity index (χ1n) is 10.0. The molecule has 35 heavy (non-hydrogen) atoms. The highest BCUT2D eigenvalue weighted by molar-refractivity contribution is 7.22. The van der Waals surface area contributed by atoms with Crippen molar-refractivity contribution in [2.75, 3.05) is 10.6 Å². The summed E-state index contributed by atoms with van der Waals surface area (Å²) in [5, 5.41) is 17.1. The number of hydrogen-bond donors (Lipinski definition) is 4. The summed E-state index contributed by atoms with van der Waals surface area (Å²) in [6, 6.07) is 5.82. The molecule has 0 saturated heterocycles. The predicted molar refractivity (Wildman–Crippen MR) is 115 cm³/mol. The van der Waals surface area contributed by atoms with Gasteiger partial charge in [0.1, 0.15) is 5.82 Å². The quantitative estimate of drug-likeness (QED) is 0.358. The Hall–Kier alpha value is -3.39. The molecule has 4 N–H and O–H groups in total. The van der Waals surface area contributed by atoms with Crippen LogP contribution in [0.15, 0.2) is 42.5 Å². The van der Waals surface area contributed by atoms with Gasteiger partial charge in [-0.15, -0.1) is 0 Å². The normalized spacial score (nSPS) is 19.3. The minimum absolute atomic E-state index is 0.00508. The first kappa shape index (κ1) is 24.7. The van der Waals surface area contributed by atoms with Gasteiger partial charge in [0, 0.05) is 23.2 Å². The van der Waals surface area contributed by atoms with Crippen molar-refractivity contribution >= 4 is 44.3 Å². The van der Waals surface area contributed by atoms with E-state index >= 15 is 0 Å². The maximum Gasteiger partial charge on any atom is 0.430 e. The highest BCUT2D eigenvalue weighted by atomic mass is 32.1. The summed E-state index contributed by atoms with van der Waals surface area (Å²) in [7, 11) is 0. The minimum Gasteiger partial charge on any atom is -0.369 e. The Morgan fingerprint density at radius 1 is 1.09 bits per heavy atom. The fourth-order valence-electron chi connectivity index (χ4n) is 3.35. The van der Waals surface area contributed by atoms with Crippen LogP contribution in [0.3, 0.4) is 0 Å². The standard InChI is InChI=1S/C21H16F6N4O3S/c22-10-2-4-11(5-3-10)28-18(33)31-19-30-13-6-1-9(7-15(13)35-19)20(34,21(25,26)27)17(32)29-14-8-12(14)16(23)24/h1-7,12,14,16,34H,8H2,(H,29,32)(H2,28,30,31,33)/t12-,14-,20-/m0/s1. The lowest BCUT2D eigenvalue weighted by Gasteiger charge is -2.29. The zero-order valence-corrected chi connectivity index (χ0v) is 18.2. The fourth-order valence-corrected chi connectivity index (χ4v) is 4.25. The lowest BCUT2D eigenvalue weighted by atomic mass is 9.91. The lowest BCUT2D eigenvalue weighted by Crippen LogP contribution is -2.55. The zero-order chi connectivity index (χ0) is 25.5. The molecule has 4 rings (SSSR count). The number of nitrogens with zero attached hydrogens (tertiary/aromatic N) is 1. The number of halogens is 6. The van der Waals surface area contributed by atoms with E-state index in [1.807, 2.05) is 5.32 Å². The highest BCUT2D eigenvalue weighted by Crippen LogP contribution is 2.43. The van der Waals surface area contributed by atoms with Gasteiger partial charge in [-0.1, -0.05) is 17.4 Å². The maximum atomic E-state index is 13.8. The van der Waals surface area contributed by atoms with Crippen molar-refractivity contribution in [3.05, 3.63) is 53.8 Å². The van der Waals surface area contributed by atoms with Gasteiger partial charge >= 0.3 is 12.2 Å². The third-order valence-corrected chi connectivity index (χ3v) is 6.28. The third kappa shape index (κ3) is 5.03. The number of amides is 3. The molecular formula is C21H16F6N4O3S. The molecule has 2 aromatic carbocycles. The molecular weight excluding hydrogens is 502 g/mol. The number of carbonyl (C=O) groups is 2. The molecule has 1 aliphatic rings. The molecule has 7 nitrogen and oxygen atoms in total. The zero-order valence-electron chi connectivity index (χ0n) is 17.4. The highest BCUT2D eigenvalue weighted by Gasteiger charge is 2.62. The lowest BCUT2D eigenvalue weighted by molar-refractivity contribution is -0.257. The molecule has 3 atom stereocenters. The van der Waals surface area contributed by atoms with Crippen LogP contribution in [0.4, 0.5) is 42.0 Å². The maximum absolute atomic E-state index is 13.8. The average molecular weight is 518 g/mol. The second-order valence-corrected chi connectivity index (χ2v) is 8.84. The molecule has 14 heteroatoms. The van der Waals surface area contributed by atoms with E-state index in [9.17, 15) is 41.0 Å². The van der Waals surface area contributed by atoms with E-state index in [-0.39, 0.29) is 27.5 Å². The van der Waals surface area contributed by atoms with Crippen LogP contribution in [0.5, 0.6) is 0 Å². The number of alkyl halides is 5. The van der Waals surface area contributed by atoms with Crippen LogP contribution in [0.1, 0.15) is 12.0 Å². The van der Waals surface area contributed by atoms with Crippen molar-refractivity contribution in [2.24, 2.45) is 5.92 Å². The predicted octanol–water partition coefficient (Wildman–Crippen LogP) is 4.60. The van der Waals surface area contributed by atoms with Crippen molar-refractivity contribution in [2.45, 2.75) is 30.7 Å². The number of thiazole rings is 1. The molecule has 3 amide bonds. The van der Waals surface area contributed by atoms with Gasteiger partial charge in [-0.2, -0.15) is 13.2 Å². The van der Waals surface area contributed by atoms with Gasteiger partial charge in [0.05, 0.1) is 10.2 Å². The van der Waals surface area contributed by atoms with Gasteiger partial charge < -0.3 is 15.7 Å². The van der Waals surface area contributed by atoms with Crippen molar-refractivity contribution in [3.8, 4) is 0 Å². The molecule has 3 aromatic rings. The number of carbonyl (C=O) groups excluding carboxylic acids is 2. The summed E-state index contributed by atoms with van der Waals surface area (Å²) in [6.07, 6.45) is -8.46. The molecule has 1 aromatic heterocycles. The van der Waals surface area contributed by atoms with Crippen molar-refractivity contribution in [1.29, 1.82) is 0 Å². The Labute approximate surface area is 197 Å². The van der Waals surface area contributed by atoms with E-state index in [4.69, 9.17) is 0 Å². The Morgan fingerprint density at radius 3 is 2.37 bits per heavy atom. The Balaban J connectivity index is 1.54. The monoisotopic (exact) mass is 518 g/mol. The number of nitrogens with one attached hydrogen (secondary N) is 3. The molecule has 1 aliphatic carbocycles. The fraction of sp³-hybridized carbons (Fsp3) is 0.286. The topological polar surface area (TPSA) is 103 Å². The molecule has 1 saturated carbocycles. The number of anilines is 2. The number of fused-ring (bicyclic) bond motifs is 1. The number of benzene rings is 2. The van der Waals surface area contributed by atoms with Gasteiger partial charge in [-0.05, 0) is 42.8 Å². The number of hydrogen-bond acceptors (Lipinski definition) is 5.